The number of hydrogen-bond donors (Lipinski definition) is 1. The van der Waals surface area contributed by atoms with Crippen molar-refractivity contribution in [1.82, 2.24) is 0 Å². The lowest BCUT2D eigenvalue weighted by Gasteiger charge is -2.04. The number of phenolic OH excluding ortho intramolecular Hbond substituents is 1. The second-order valence-electron chi connectivity index (χ2n) is 3.10. The van der Waals surface area contributed by atoms with E-state index in [2.05, 4.69) is 15.9 Å². The number of phenols is 1. The molecular formula is C10H11BrO2. The van der Waals surface area contributed by atoms with Crippen LogP contribution >= 0.6 is 15.9 Å². The van der Waals surface area contributed by atoms with E-state index in [1.54, 1.807) is 12.1 Å². The van der Waals surface area contributed by atoms with Crippen molar-refractivity contribution in [2.24, 2.45) is 5.92 Å². The number of carbonyl (C=O) groups excluding carboxylic acids is 1. The molecule has 0 aliphatic rings. The highest BCUT2D eigenvalue weighted by Gasteiger charge is 2.04. The molecule has 1 aromatic carbocycles. The van der Waals surface area contributed by atoms with Gasteiger partial charge in [0.25, 0.3) is 0 Å². The number of carbonyl (C=O) groups is 1. The van der Waals surface area contributed by atoms with Gasteiger partial charge in [0, 0.05) is 5.92 Å². The Bertz CT molecular complexity index is 310. The smallest absolute Gasteiger partial charge is 0.130 e. The van der Waals surface area contributed by atoms with Crippen LogP contribution in [0.1, 0.15) is 12.5 Å². The largest absolute Gasteiger partial charge is 0.507 e. The number of aromatic hydroxyl groups is 1. The van der Waals surface area contributed by atoms with Crippen molar-refractivity contribution in [2.45, 2.75) is 13.3 Å². The molecule has 1 rings (SSSR count). The van der Waals surface area contributed by atoms with Crippen molar-refractivity contribution in [3.63, 3.8) is 0 Å². The van der Waals surface area contributed by atoms with Gasteiger partial charge >= 0.3 is 0 Å². The van der Waals surface area contributed by atoms with Crippen molar-refractivity contribution in [1.29, 1.82) is 0 Å². The Balaban J connectivity index is 2.79. The summed E-state index contributed by atoms with van der Waals surface area (Å²) < 4.78 is 0.676. The molecule has 70 valence electrons. The highest BCUT2D eigenvalue weighted by molar-refractivity contribution is 9.10. The highest BCUT2D eigenvalue weighted by Crippen LogP contribution is 2.25. The van der Waals surface area contributed by atoms with Crippen LogP contribution in [-0.2, 0) is 11.2 Å². The third-order valence-electron chi connectivity index (χ3n) is 1.80. The topological polar surface area (TPSA) is 37.3 Å². The molecule has 2 nitrogen and oxygen atoms in total. The number of aldehydes is 1. The Morgan fingerprint density at radius 2 is 2.31 bits per heavy atom. The standard InChI is InChI=1S/C10H11BrO2/c1-7(6-12)4-8-2-3-9(11)10(13)5-8/h2-3,5-7,13H,4H2,1H3. The van der Waals surface area contributed by atoms with Gasteiger partial charge in [-0.15, -0.1) is 0 Å². The van der Waals surface area contributed by atoms with Gasteiger partial charge in [-0.05, 0) is 40.0 Å². The Hall–Kier alpha value is -0.830. The predicted octanol–water partition coefficient (Wildman–Crippen LogP) is 2.53. The maximum absolute atomic E-state index is 10.4. The minimum Gasteiger partial charge on any atom is -0.507 e. The predicted molar refractivity (Wildman–Crippen MR) is 54.7 cm³/mol. The first kappa shape index (κ1) is 10.3. The zero-order valence-corrected chi connectivity index (χ0v) is 8.91. The average molecular weight is 243 g/mol. The number of halogens is 1. The van der Waals surface area contributed by atoms with E-state index >= 15 is 0 Å². The van der Waals surface area contributed by atoms with Crippen LogP contribution < -0.4 is 0 Å². The zero-order chi connectivity index (χ0) is 9.84. The summed E-state index contributed by atoms with van der Waals surface area (Å²) in [4.78, 5) is 10.4. The van der Waals surface area contributed by atoms with E-state index in [0.717, 1.165) is 11.8 Å². The Labute approximate surface area is 85.7 Å². The Morgan fingerprint density at radius 3 is 2.85 bits per heavy atom. The summed E-state index contributed by atoms with van der Waals surface area (Å²) in [5.41, 5.74) is 0.973. The van der Waals surface area contributed by atoms with Crippen LogP contribution in [0.15, 0.2) is 22.7 Å². The first-order valence-electron chi connectivity index (χ1n) is 4.06. The van der Waals surface area contributed by atoms with E-state index in [0.29, 0.717) is 10.9 Å². The van der Waals surface area contributed by atoms with Gasteiger partial charge in [0.05, 0.1) is 4.47 Å². The van der Waals surface area contributed by atoms with Crippen LogP contribution in [0.2, 0.25) is 0 Å². The molecule has 1 unspecified atom stereocenters. The molecule has 1 aromatic rings. The summed E-state index contributed by atoms with van der Waals surface area (Å²) in [7, 11) is 0. The summed E-state index contributed by atoms with van der Waals surface area (Å²) in [6.07, 6.45) is 1.59. The van der Waals surface area contributed by atoms with Crippen molar-refractivity contribution in [2.75, 3.05) is 0 Å². The minimum absolute atomic E-state index is 0.000533. The summed E-state index contributed by atoms with van der Waals surface area (Å²) in [5.74, 6) is 0.219. The molecule has 0 fully saturated rings. The van der Waals surface area contributed by atoms with E-state index < -0.39 is 0 Å². The van der Waals surface area contributed by atoms with E-state index in [-0.39, 0.29) is 11.7 Å². The molecule has 0 saturated heterocycles. The van der Waals surface area contributed by atoms with Crippen LogP contribution in [-0.4, -0.2) is 11.4 Å². The third kappa shape index (κ3) is 2.84. The highest BCUT2D eigenvalue weighted by atomic mass is 79.9. The molecule has 1 atom stereocenters. The van der Waals surface area contributed by atoms with Crippen molar-refractivity contribution < 1.29 is 9.90 Å². The first-order valence-corrected chi connectivity index (χ1v) is 4.85. The monoisotopic (exact) mass is 242 g/mol. The first-order chi connectivity index (χ1) is 6.13. The van der Waals surface area contributed by atoms with Gasteiger partial charge in [-0.1, -0.05) is 13.0 Å². The molecule has 0 aromatic heterocycles. The second kappa shape index (κ2) is 4.42. The molecule has 3 heteroatoms. The van der Waals surface area contributed by atoms with E-state index in [1.165, 1.54) is 0 Å². The lowest BCUT2D eigenvalue weighted by atomic mass is 10.0. The van der Waals surface area contributed by atoms with E-state index in [1.807, 2.05) is 13.0 Å². The van der Waals surface area contributed by atoms with Crippen molar-refractivity contribution in [3.05, 3.63) is 28.2 Å². The SMILES string of the molecule is CC(C=O)Cc1ccc(Br)c(O)c1. The Kier molecular flexibility index (Phi) is 3.48. The molecule has 0 aliphatic carbocycles. The van der Waals surface area contributed by atoms with Crippen LogP contribution in [0.5, 0.6) is 5.75 Å². The summed E-state index contributed by atoms with van der Waals surface area (Å²) in [6.45, 7) is 1.85. The minimum atomic E-state index is 0.000533. The number of benzene rings is 1. The van der Waals surface area contributed by atoms with Crippen LogP contribution in [0.4, 0.5) is 0 Å². The molecule has 0 spiro atoms. The van der Waals surface area contributed by atoms with Gasteiger partial charge in [-0.3, -0.25) is 0 Å². The lowest BCUT2D eigenvalue weighted by Crippen LogP contribution is -2.00. The normalized spacial score (nSPS) is 12.5. The van der Waals surface area contributed by atoms with Crippen molar-refractivity contribution >= 4 is 22.2 Å². The maximum atomic E-state index is 10.4. The van der Waals surface area contributed by atoms with Crippen molar-refractivity contribution in [3.8, 4) is 5.75 Å². The molecule has 1 N–H and O–H groups in total. The molecule has 0 amide bonds. The van der Waals surface area contributed by atoms with E-state index in [9.17, 15) is 9.90 Å². The average Bonchev–Trinajstić information content (AvgIpc) is 2.11. The summed E-state index contributed by atoms with van der Waals surface area (Å²) in [6, 6.07) is 5.34. The van der Waals surface area contributed by atoms with Gasteiger partial charge in [-0.25, -0.2) is 0 Å². The van der Waals surface area contributed by atoms with Gasteiger partial charge in [0.15, 0.2) is 0 Å². The second-order valence-corrected chi connectivity index (χ2v) is 3.96. The van der Waals surface area contributed by atoms with Crippen LogP contribution in [0.25, 0.3) is 0 Å². The lowest BCUT2D eigenvalue weighted by molar-refractivity contribution is -0.110. The fourth-order valence-electron chi connectivity index (χ4n) is 1.11. The maximum Gasteiger partial charge on any atom is 0.130 e. The van der Waals surface area contributed by atoms with Gasteiger partial charge < -0.3 is 9.90 Å². The van der Waals surface area contributed by atoms with Gasteiger partial charge in [0.1, 0.15) is 12.0 Å². The third-order valence-corrected chi connectivity index (χ3v) is 2.47. The van der Waals surface area contributed by atoms with Crippen LogP contribution in [0.3, 0.4) is 0 Å². The molecule has 0 radical (unpaired) electrons. The number of rotatable bonds is 3. The quantitative estimate of drug-likeness (QED) is 0.828. The van der Waals surface area contributed by atoms with Gasteiger partial charge in [0.2, 0.25) is 0 Å². The molecule has 0 heterocycles. The van der Waals surface area contributed by atoms with E-state index in [4.69, 9.17) is 0 Å². The summed E-state index contributed by atoms with van der Waals surface area (Å²) >= 11 is 3.19. The zero-order valence-electron chi connectivity index (χ0n) is 7.33. The summed E-state index contributed by atoms with van der Waals surface area (Å²) in [5, 5.41) is 9.35. The molecular weight excluding hydrogens is 232 g/mol. The molecule has 0 saturated carbocycles. The molecule has 0 aliphatic heterocycles. The van der Waals surface area contributed by atoms with Crippen LogP contribution in [0, 0.1) is 5.92 Å². The Morgan fingerprint density at radius 1 is 1.62 bits per heavy atom. The molecule has 13 heavy (non-hydrogen) atoms. The molecule has 0 bridgehead atoms. The van der Waals surface area contributed by atoms with Gasteiger partial charge in [-0.2, -0.15) is 0 Å². The fraction of sp³-hybridized carbons (Fsp3) is 0.300. The fourth-order valence-corrected chi connectivity index (χ4v) is 1.35. The number of hydrogen-bond acceptors (Lipinski definition) is 2.